The molecule has 1 heterocycles. The van der Waals surface area contributed by atoms with Crippen molar-refractivity contribution in [3.63, 3.8) is 0 Å². The van der Waals surface area contributed by atoms with E-state index in [-0.39, 0.29) is 22.9 Å². The van der Waals surface area contributed by atoms with Crippen molar-refractivity contribution in [2.24, 2.45) is 0 Å². The molecule has 3 aromatic carbocycles. The maximum Gasteiger partial charge on any atom is 0.264 e. The number of amides is 2. The van der Waals surface area contributed by atoms with Crippen LogP contribution in [0.3, 0.4) is 0 Å². The number of anilines is 3. The number of fused-ring (bicyclic) bond motifs is 1. The fourth-order valence-electron chi connectivity index (χ4n) is 3.52. The number of rotatable bonds is 5. The summed E-state index contributed by atoms with van der Waals surface area (Å²) in [4.78, 5) is 26.5. The quantitative estimate of drug-likeness (QED) is 0.643. The number of methoxy groups -OCH3 is 1. The number of benzene rings is 3. The Bertz CT molecular complexity index is 1290. The first kappa shape index (κ1) is 21.4. The van der Waals surface area contributed by atoms with Crippen molar-refractivity contribution >= 4 is 38.9 Å². The molecule has 1 aliphatic heterocycles. The monoisotopic (exact) mass is 451 g/mol. The fraction of sp³-hybridized carbons (Fsp3) is 0.130. The van der Waals surface area contributed by atoms with Gasteiger partial charge in [0.25, 0.3) is 15.9 Å². The second-order valence-electron chi connectivity index (χ2n) is 7.13. The molecular formula is C23H21N3O5S. The van der Waals surface area contributed by atoms with Gasteiger partial charge in [-0.15, -0.1) is 0 Å². The molecule has 1 N–H and O–H groups in total. The van der Waals surface area contributed by atoms with E-state index in [1.54, 1.807) is 48.5 Å². The largest absolute Gasteiger partial charge is 0.495 e. The van der Waals surface area contributed by atoms with Gasteiger partial charge in [0.05, 0.1) is 29.1 Å². The van der Waals surface area contributed by atoms with Crippen molar-refractivity contribution in [2.45, 2.75) is 4.90 Å². The van der Waals surface area contributed by atoms with E-state index in [4.69, 9.17) is 4.74 Å². The summed E-state index contributed by atoms with van der Waals surface area (Å²) in [7, 11) is -0.974. The SMILES string of the molecule is COc1ccccc1N(C)S(=O)(=O)c1ccc(C(=O)N2CC(=O)Nc3ccccc32)cc1. The van der Waals surface area contributed by atoms with Crippen LogP contribution in [0, 0.1) is 0 Å². The summed E-state index contributed by atoms with van der Waals surface area (Å²) in [5, 5.41) is 2.73. The highest BCUT2D eigenvalue weighted by Gasteiger charge is 2.28. The van der Waals surface area contributed by atoms with Gasteiger partial charge in [0, 0.05) is 12.6 Å². The zero-order chi connectivity index (χ0) is 22.9. The van der Waals surface area contributed by atoms with Crippen molar-refractivity contribution in [1.29, 1.82) is 0 Å². The van der Waals surface area contributed by atoms with Gasteiger partial charge in [0.1, 0.15) is 12.3 Å². The number of nitrogens with zero attached hydrogens (tertiary/aromatic N) is 2. The molecule has 9 heteroatoms. The summed E-state index contributed by atoms with van der Waals surface area (Å²) in [5.74, 6) is -0.267. The number of hydrogen-bond acceptors (Lipinski definition) is 5. The Morgan fingerprint density at radius 3 is 2.38 bits per heavy atom. The Balaban J connectivity index is 1.62. The summed E-state index contributed by atoms with van der Waals surface area (Å²) in [6.07, 6.45) is 0. The van der Waals surface area contributed by atoms with Crippen LogP contribution in [-0.2, 0) is 14.8 Å². The van der Waals surface area contributed by atoms with E-state index < -0.39 is 15.9 Å². The van der Waals surface area contributed by atoms with Crippen LogP contribution in [0.2, 0.25) is 0 Å². The number of para-hydroxylation sites is 4. The first-order chi connectivity index (χ1) is 15.3. The van der Waals surface area contributed by atoms with Gasteiger partial charge in [-0.3, -0.25) is 18.8 Å². The Hall–Kier alpha value is -3.85. The second-order valence-corrected chi connectivity index (χ2v) is 9.09. The fourth-order valence-corrected chi connectivity index (χ4v) is 4.72. The van der Waals surface area contributed by atoms with E-state index in [0.29, 0.717) is 22.8 Å². The van der Waals surface area contributed by atoms with Gasteiger partial charge < -0.3 is 10.1 Å². The Labute approximate surface area is 186 Å². The normalized spacial score (nSPS) is 13.2. The van der Waals surface area contributed by atoms with Crippen LogP contribution in [0.1, 0.15) is 10.4 Å². The molecule has 0 aliphatic carbocycles. The summed E-state index contributed by atoms with van der Waals surface area (Å²) < 4.78 is 32.6. The standard InChI is InChI=1S/C23H21N3O5S/c1-25(20-9-5-6-10-21(20)31-2)32(29,30)17-13-11-16(12-14-17)23(28)26-15-22(27)24-18-7-3-4-8-19(18)26/h3-14H,15H2,1-2H3,(H,24,27). The van der Waals surface area contributed by atoms with Crippen molar-refractivity contribution in [3.8, 4) is 5.75 Å². The molecule has 0 fully saturated rings. The van der Waals surface area contributed by atoms with Crippen molar-refractivity contribution < 1.29 is 22.7 Å². The number of sulfonamides is 1. The third-order valence-corrected chi connectivity index (χ3v) is 6.99. The molecule has 1 aliphatic rings. The molecule has 0 aromatic heterocycles. The third kappa shape index (κ3) is 3.78. The molecule has 0 saturated heterocycles. The highest BCUT2D eigenvalue weighted by molar-refractivity contribution is 7.92. The highest BCUT2D eigenvalue weighted by atomic mass is 32.2. The topological polar surface area (TPSA) is 96.0 Å². The molecule has 0 atom stereocenters. The van der Waals surface area contributed by atoms with E-state index in [1.165, 1.54) is 43.3 Å². The molecule has 0 saturated carbocycles. The van der Waals surface area contributed by atoms with Gasteiger partial charge in [-0.05, 0) is 48.5 Å². The van der Waals surface area contributed by atoms with E-state index in [1.807, 2.05) is 0 Å². The average Bonchev–Trinajstić information content (AvgIpc) is 2.82. The molecule has 164 valence electrons. The highest BCUT2D eigenvalue weighted by Crippen LogP contribution is 2.32. The van der Waals surface area contributed by atoms with Crippen molar-refractivity contribution in [2.75, 3.05) is 35.2 Å². The number of carbonyl (C=O) groups excluding carboxylic acids is 2. The number of nitrogens with one attached hydrogen (secondary N) is 1. The second kappa shape index (κ2) is 8.35. The first-order valence-corrected chi connectivity index (χ1v) is 11.2. The van der Waals surface area contributed by atoms with E-state index in [2.05, 4.69) is 5.32 Å². The third-order valence-electron chi connectivity index (χ3n) is 5.20. The molecule has 0 unspecified atom stereocenters. The molecule has 0 bridgehead atoms. The molecule has 4 rings (SSSR count). The minimum atomic E-state index is -3.89. The smallest absolute Gasteiger partial charge is 0.264 e. The number of carbonyl (C=O) groups is 2. The lowest BCUT2D eigenvalue weighted by Crippen LogP contribution is -2.42. The van der Waals surface area contributed by atoms with Gasteiger partial charge >= 0.3 is 0 Å². The average molecular weight is 452 g/mol. The lowest BCUT2D eigenvalue weighted by molar-refractivity contribution is -0.115. The number of hydrogen-bond donors (Lipinski definition) is 1. The van der Waals surface area contributed by atoms with E-state index >= 15 is 0 Å². The summed E-state index contributed by atoms with van der Waals surface area (Å²) in [5.41, 5.74) is 1.80. The number of ether oxygens (including phenoxy) is 1. The molecule has 0 spiro atoms. The van der Waals surface area contributed by atoms with Crippen LogP contribution in [-0.4, -0.2) is 40.9 Å². The summed E-state index contributed by atoms with van der Waals surface area (Å²) in [6.45, 7) is -0.119. The van der Waals surface area contributed by atoms with Crippen molar-refractivity contribution in [3.05, 3.63) is 78.4 Å². The van der Waals surface area contributed by atoms with E-state index in [9.17, 15) is 18.0 Å². The predicted molar refractivity (Wildman–Crippen MR) is 122 cm³/mol. The summed E-state index contributed by atoms with van der Waals surface area (Å²) >= 11 is 0. The molecule has 3 aromatic rings. The summed E-state index contributed by atoms with van der Waals surface area (Å²) in [6, 6.07) is 19.5. The predicted octanol–water partition coefficient (Wildman–Crippen LogP) is 3.12. The van der Waals surface area contributed by atoms with Gasteiger partial charge in [0.15, 0.2) is 0 Å². The van der Waals surface area contributed by atoms with Crippen LogP contribution >= 0.6 is 0 Å². The van der Waals surface area contributed by atoms with Crippen LogP contribution in [0.15, 0.2) is 77.7 Å². The maximum absolute atomic E-state index is 13.1. The minimum absolute atomic E-state index is 0.0271. The lowest BCUT2D eigenvalue weighted by Gasteiger charge is -2.29. The van der Waals surface area contributed by atoms with Gasteiger partial charge in [-0.1, -0.05) is 24.3 Å². The van der Waals surface area contributed by atoms with Gasteiger partial charge in [-0.2, -0.15) is 0 Å². The Kier molecular flexibility index (Phi) is 5.58. The molecule has 8 nitrogen and oxygen atoms in total. The Morgan fingerprint density at radius 2 is 1.66 bits per heavy atom. The van der Waals surface area contributed by atoms with Gasteiger partial charge in [-0.25, -0.2) is 8.42 Å². The van der Waals surface area contributed by atoms with Crippen LogP contribution < -0.4 is 19.3 Å². The lowest BCUT2D eigenvalue weighted by atomic mass is 10.1. The van der Waals surface area contributed by atoms with E-state index in [0.717, 1.165) is 4.31 Å². The minimum Gasteiger partial charge on any atom is -0.495 e. The molecule has 2 amide bonds. The van der Waals surface area contributed by atoms with Crippen LogP contribution in [0.25, 0.3) is 0 Å². The molecule has 0 radical (unpaired) electrons. The molecule has 32 heavy (non-hydrogen) atoms. The maximum atomic E-state index is 13.1. The zero-order valence-corrected chi connectivity index (χ0v) is 18.3. The van der Waals surface area contributed by atoms with Crippen LogP contribution in [0.4, 0.5) is 17.1 Å². The Morgan fingerprint density at radius 1 is 1.00 bits per heavy atom. The van der Waals surface area contributed by atoms with Crippen LogP contribution in [0.5, 0.6) is 5.75 Å². The first-order valence-electron chi connectivity index (χ1n) is 9.75. The van der Waals surface area contributed by atoms with Crippen molar-refractivity contribution in [1.82, 2.24) is 0 Å². The zero-order valence-electron chi connectivity index (χ0n) is 17.5. The molecular weight excluding hydrogens is 430 g/mol. The van der Waals surface area contributed by atoms with Gasteiger partial charge in [0.2, 0.25) is 5.91 Å².